The molecule has 21 heavy (non-hydrogen) atoms. The van der Waals surface area contributed by atoms with E-state index in [4.69, 9.17) is 15.2 Å². The minimum Gasteiger partial charge on any atom is -0.493 e. The lowest BCUT2D eigenvalue weighted by molar-refractivity contribution is 0.355. The van der Waals surface area contributed by atoms with Gasteiger partial charge in [0.05, 0.1) is 37.5 Å². The van der Waals surface area contributed by atoms with Crippen molar-refractivity contribution in [1.82, 2.24) is 19.3 Å². The van der Waals surface area contributed by atoms with E-state index in [9.17, 15) is 0 Å². The second-order valence-corrected chi connectivity index (χ2v) is 4.70. The number of ether oxygens (including phenoxy) is 2. The molecule has 110 valence electrons. The zero-order chi connectivity index (χ0) is 15.0. The van der Waals surface area contributed by atoms with Crippen molar-refractivity contribution >= 4 is 17.0 Å². The summed E-state index contributed by atoms with van der Waals surface area (Å²) in [6, 6.07) is 5.66. The van der Waals surface area contributed by atoms with Gasteiger partial charge in [-0.1, -0.05) is 0 Å². The van der Waals surface area contributed by atoms with Gasteiger partial charge in [-0.3, -0.25) is 4.68 Å². The van der Waals surface area contributed by atoms with Crippen LogP contribution < -0.4 is 15.2 Å². The minimum atomic E-state index is 0.446. The Kier molecular flexibility index (Phi) is 3.17. The Balaban J connectivity index is 2.14. The van der Waals surface area contributed by atoms with Gasteiger partial charge in [-0.15, -0.1) is 0 Å². The Morgan fingerprint density at radius 1 is 1.19 bits per heavy atom. The Morgan fingerprint density at radius 2 is 1.90 bits per heavy atom. The van der Waals surface area contributed by atoms with E-state index >= 15 is 0 Å². The number of imidazole rings is 1. The molecule has 0 amide bonds. The predicted molar refractivity (Wildman–Crippen MR) is 79.6 cm³/mol. The summed E-state index contributed by atoms with van der Waals surface area (Å²) >= 11 is 0. The van der Waals surface area contributed by atoms with Crippen molar-refractivity contribution in [3.8, 4) is 11.5 Å². The third-order valence-electron chi connectivity index (χ3n) is 3.53. The Labute approximate surface area is 121 Å². The van der Waals surface area contributed by atoms with Crippen LogP contribution in [0.5, 0.6) is 11.5 Å². The molecule has 7 heteroatoms. The Hall–Kier alpha value is -2.70. The lowest BCUT2D eigenvalue weighted by atomic mass is 10.2. The van der Waals surface area contributed by atoms with Crippen LogP contribution in [0.3, 0.4) is 0 Å². The molecule has 0 radical (unpaired) electrons. The van der Waals surface area contributed by atoms with Gasteiger partial charge < -0.3 is 19.8 Å². The fraction of sp³-hybridized carbons (Fsp3) is 0.286. The average molecular weight is 287 g/mol. The minimum absolute atomic E-state index is 0.446. The molecule has 0 aliphatic carbocycles. The van der Waals surface area contributed by atoms with Crippen molar-refractivity contribution in [2.24, 2.45) is 7.05 Å². The van der Waals surface area contributed by atoms with E-state index in [1.165, 1.54) is 0 Å². The molecular weight excluding hydrogens is 270 g/mol. The number of nitrogens with zero attached hydrogens (tertiary/aromatic N) is 4. The smallest absolute Gasteiger partial charge is 0.201 e. The molecule has 0 saturated carbocycles. The topological polar surface area (TPSA) is 80.1 Å². The number of rotatable bonds is 4. The second-order valence-electron chi connectivity index (χ2n) is 4.70. The first-order valence-corrected chi connectivity index (χ1v) is 6.48. The largest absolute Gasteiger partial charge is 0.493 e. The number of benzene rings is 1. The number of aromatic nitrogens is 4. The Bertz CT molecular complexity index is 790. The van der Waals surface area contributed by atoms with Gasteiger partial charge in [-0.05, 0) is 6.07 Å². The molecule has 7 nitrogen and oxygen atoms in total. The quantitative estimate of drug-likeness (QED) is 0.785. The highest BCUT2D eigenvalue weighted by Crippen LogP contribution is 2.33. The zero-order valence-corrected chi connectivity index (χ0v) is 12.2. The molecule has 0 spiro atoms. The molecular formula is C14H17N5O2. The molecule has 0 bridgehead atoms. The number of hydrogen-bond acceptors (Lipinski definition) is 5. The maximum Gasteiger partial charge on any atom is 0.201 e. The zero-order valence-electron chi connectivity index (χ0n) is 12.2. The van der Waals surface area contributed by atoms with Crippen LogP contribution in [-0.2, 0) is 13.6 Å². The van der Waals surface area contributed by atoms with Crippen molar-refractivity contribution in [2.75, 3.05) is 20.0 Å². The molecule has 3 aromatic rings. The van der Waals surface area contributed by atoms with Crippen molar-refractivity contribution < 1.29 is 9.47 Å². The van der Waals surface area contributed by atoms with Crippen LogP contribution in [0.1, 0.15) is 5.69 Å². The number of fused-ring (bicyclic) bond motifs is 1. The molecule has 2 heterocycles. The van der Waals surface area contributed by atoms with Crippen LogP contribution in [0.4, 0.5) is 5.95 Å². The van der Waals surface area contributed by atoms with Crippen LogP contribution >= 0.6 is 0 Å². The molecule has 2 N–H and O–H groups in total. The number of methoxy groups -OCH3 is 2. The molecule has 0 fully saturated rings. The standard InChI is InChI=1S/C14H17N5O2/c1-18-9(4-5-16-18)8-19-11-7-13(21-3)12(20-2)6-10(11)17-14(19)15/h4-7H,8H2,1-3H3,(H2,15,17). The van der Waals surface area contributed by atoms with Gasteiger partial charge >= 0.3 is 0 Å². The number of aryl methyl sites for hydroxylation is 1. The van der Waals surface area contributed by atoms with E-state index in [0.717, 1.165) is 16.7 Å². The van der Waals surface area contributed by atoms with Gasteiger partial charge in [0.25, 0.3) is 0 Å². The fourth-order valence-corrected chi connectivity index (χ4v) is 2.36. The lowest BCUT2D eigenvalue weighted by Gasteiger charge is -2.10. The van der Waals surface area contributed by atoms with E-state index in [-0.39, 0.29) is 0 Å². The summed E-state index contributed by atoms with van der Waals surface area (Å²) < 4.78 is 14.4. The Morgan fingerprint density at radius 3 is 2.52 bits per heavy atom. The molecule has 0 unspecified atom stereocenters. The number of nitrogen functional groups attached to an aromatic ring is 1. The first-order chi connectivity index (χ1) is 10.1. The molecule has 0 aliphatic rings. The lowest BCUT2D eigenvalue weighted by Crippen LogP contribution is -2.08. The first kappa shape index (κ1) is 13.3. The van der Waals surface area contributed by atoms with Gasteiger partial charge in [0.15, 0.2) is 11.5 Å². The van der Waals surface area contributed by atoms with Crippen LogP contribution in [-0.4, -0.2) is 33.6 Å². The summed E-state index contributed by atoms with van der Waals surface area (Å²) in [7, 11) is 5.10. The van der Waals surface area contributed by atoms with Crippen molar-refractivity contribution in [2.45, 2.75) is 6.54 Å². The maximum atomic E-state index is 6.04. The molecule has 0 aliphatic heterocycles. The van der Waals surface area contributed by atoms with Crippen LogP contribution in [0, 0.1) is 0 Å². The van der Waals surface area contributed by atoms with Gasteiger partial charge in [0.2, 0.25) is 5.95 Å². The van der Waals surface area contributed by atoms with Gasteiger partial charge in [-0.2, -0.15) is 5.10 Å². The summed E-state index contributed by atoms with van der Waals surface area (Å²) in [5, 5.41) is 4.17. The van der Waals surface area contributed by atoms with E-state index < -0.39 is 0 Å². The average Bonchev–Trinajstić information content (AvgIpc) is 3.02. The molecule has 0 saturated heterocycles. The number of anilines is 1. The van der Waals surface area contributed by atoms with Crippen LogP contribution in [0.15, 0.2) is 24.4 Å². The summed E-state index contributed by atoms with van der Waals surface area (Å²) in [6.45, 7) is 0.592. The summed E-state index contributed by atoms with van der Waals surface area (Å²) in [5.41, 5.74) is 8.75. The predicted octanol–water partition coefficient (Wildman–Crippen LogP) is 1.42. The maximum absolute atomic E-state index is 6.04. The van der Waals surface area contributed by atoms with Crippen molar-refractivity contribution in [3.05, 3.63) is 30.1 Å². The third-order valence-corrected chi connectivity index (χ3v) is 3.53. The fourth-order valence-electron chi connectivity index (χ4n) is 2.36. The van der Waals surface area contributed by atoms with Crippen molar-refractivity contribution in [1.29, 1.82) is 0 Å². The highest BCUT2D eigenvalue weighted by molar-refractivity contribution is 5.82. The number of nitrogens with two attached hydrogens (primary N) is 1. The summed E-state index contributed by atoms with van der Waals surface area (Å²) in [5.74, 6) is 1.73. The normalized spacial score (nSPS) is 11.0. The molecule has 0 atom stereocenters. The van der Waals surface area contributed by atoms with Crippen molar-refractivity contribution in [3.63, 3.8) is 0 Å². The highest BCUT2D eigenvalue weighted by atomic mass is 16.5. The van der Waals surface area contributed by atoms with E-state index in [2.05, 4.69) is 10.1 Å². The van der Waals surface area contributed by atoms with E-state index in [1.807, 2.05) is 34.5 Å². The molecule has 1 aromatic carbocycles. The highest BCUT2D eigenvalue weighted by Gasteiger charge is 2.14. The molecule has 2 aromatic heterocycles. The van der Waals surface area contributed by atoms with E-state index in [1.54, 1.807) is 20.4 Å². The summed E-state index contributed by atoms with van der Waals surface area (Å²) in [4.78, 5) is 4.38. The monoisotopic (exact) mass is 287 g/mol. The van der Waals surface area contributed by atoms with Gasteiger partial charge in [-0.25, -0.2) is 4.98 Å². The van der Waals surface area contributed by atoms with Crippen LogP contribution in [0.25, 0.3) is 11.0 Å². The van der Waals surface area contributed by atoms with Crippen LogP contribution in [0.2, 0.25) is 0 Å². The first-order valence-electron chi connectivity index (χ1n) is 6.48. The van der Waals surface area contributed by atoms with E-state index in [0.29, 0.717) is 24.0 Å². The van der Waals surface area contributed by atoms with Gasteiger partial charge in [0, 0.05) is 25.4 Å². The van der Waals surface area contributed by atoms with Gasteiger partial charge in [0.1, 0.15) is 0 Å². The number of hydrogen-bond donors (Lipinski definition) is 1. The summed E-state index contributed by atoms with van der Waals surface area (Å²) in [6.07, 6.45) is 1.76. The second kappa shape index (κ2) is 5.01. The third kappa shape index (κ3) is 2.16. The molecule has 3 rings (SSSR count). The SMILES string of the molecule is COc1cc2nc(N)n(Cc3ccnn3C)c2cc1OC.